The minimum atomic E-state index is -0.458. The zero-order valence-corrected chi connectivity index (χ0v) is 19.8. The van der Waals surface area contributed by atoms with E-state index in [2.05, 4.69) is 46.8 Å². The van der Waals surface area contributed by atoms with Crippen LogP contribution in [0, 0.1) is 19.3 Å². The molecule has 1 aromatic heterocycles. The van der Waals surface area contributed by atoms with Crippen molar-refractivity contribution >= 4 is 5.91 Å². The van der Waals surface area contributed by atoms with Gasteiger partial charge in [0, 0.05) is 25.5 Å². The summed E-state index contributed by atoms with van der Waals surface area (Å²) in [7, 11) is 1.68. The number of hydrogen-bond donors (Lipinski definition) is 1. The molecule has 6 nitrogen and oxygen atoms in total. The lowest BCUT2D eigenvalue weighted by Gasteiger charge is -2.36. The van der Waals surface area contributed by atoms with Crippen LogP contribution in [0.4, 0.5) is 0 Å². The van der Waals surface area contributed by atoms with Gasteiger partial charge in [-0.3, -0.25) is 9.48 Å². The number of methoxy groups -OCH3 is 1. The largest absolute Gasteiger partial charge is 0.497 e. The molecule has 1 amide bonds. The van der Waals surface area contributed by atoms with E-state index in [1.165, 1.54) is 0 Å². The highest BCUT2D eigenvalue weighted by Gasteiger charge is 2.40. The molecule has 0 radical (unpaired) electrons. The van der Waals surface area contributed by atoms with Crippen LogP contribution < -0.4 is 10.1 Å². The number of carbonyl (C=O) groups excluding carboxylic acids is 1. The van der Waals surface area contributed by atoms with Crippen LogP contribution in [0.1, 0.15) is 29.8 Å². The van der Waals surface area contributed by atoms with Gasteiger partial charge in [0.1, 0.15) is 5.75 Å². The maximum Gasteiger partial charge on any atom is 0.226 e. The predicted octanol–water partition coefficient (Wildman–Crippen LogP) is 4.33. The molecule has 0 bridgehead atoms. The first-order chi connectivity index (χ1) is 16.0. The minimum Gasteiger partial charge on any atom is -0.497 e. The van der Waals surface area contributed by atoms with E-state index in [0.29, 0.717) is 32.7 Å². The lowest BCUT2D eigenvalue weighted by Crippen LogP contribution is -2.47. The standard InChI is InChI=1S/C27H33N3O3/c1-20-16-21(2)30(29-20)13-12-28-26(31)27(10-14-33-15-11-27)19-22-6-4-7-23(17-22)24-8-5-9-25(18-24)32-3/h4-9,16-18H,10-15,19H2,1-3H3,(H,28,31). The second-order valence-electron chi connectivity index (χ2n) is 8.91. The number of ether oxygens (including phenoxy) is 2. The Bertz CT molecular complexity index is 1100. The molecule has 3 aromatic rings. The fraction of sp³-hybridized carbons (Fsp3) is 0.407. The van der Waals surface area contributed by atoms with Crippen LogP contribution >= 0.6 is 0 Å². The number of amides is 1. The van der Waals surface area contributed by atoms with Crippen molar-refractivity contribution in [3.63, 3.8) is 0 Å². The van der Waals surface area contributed by atoms with Crippen molar-refractivity contribution in [2.45, 2.75) is 39.7 Å². The molecule has 0 atom stereocenters. The summed E-state index contributed by atoms with van der Waals surface area (Å²) in [5.41, 5.74) is 5.03. The molecule has 0 spiro atoms. The highest BCUT2D eigenvalue weighted by molar-refractivity contribution is 5.83. The molecule has 2 heterocycles. The van der Waals surface area contributed by atoms with Crippen LogP contribution in [-0.4, -0.2) is 42.6 Å². The lowest BCUT2D eigenvalue weighted by molar-refractivity contribution is -0.136. The maximum atomic E-state index is 13.4. The molecule has 1 saturated heterocycles. The Kier molecular flexibility index (Phi) is 7.14. The topological polar surface area (TPSA) is 65.4 Å². The van der Waals surface area contributed by atoms with Crippen molar-refractivity contribution in [2.24, 2.45) is 5.41 Å². The van der Waals surface area contributed by atoms with Gasteiger partial charge in [-0.1, -0.05) is 36.4 Å². The second kappa shape index (κ2) is 10.2. The Hall–Kier alpha value is -3.12. The molecule has 6 heteroatoms. The zero-order chi connectivity index (χ0) is 23.3. The third kappa shape index (κ3) is 5.45. The van der Waals surface area contributed by atoms with E-state index in [-0.39, 0.29) is 5.91 Å². The van der Waals surface area contributed by atoms with Crippen molar-refractivity contribution in [2.75, 3.05) is 26.9 Å². The predicted molar refractivity (Wildman–Crippen MR) is 129 cm³/mol. The first-order valence-electron chi connectivity index (χ1n) is 11.6. The highest BCUT2D eigenvalue weighted by Crippen LogP contribution is 2.36. The maximum absolute atomic E-state index is 13.4. The molecule has 1 N–H and O–H groups in total. The number of benzene rings is 2. The number of rotatable bonds is 8. The molecular weight excluding hydrogens is 414 g/mol. The average molecular weight is 448 g/mol. The van der Waals surface area contributed by atoms with Gasteiger partial charge in [-0.2, -0.15) is 5.10 Å². The van der Waals surface area contributed by atoms with Gasteiger partial charge in [0.2, 0.25) is 5.91 Å². The van der Waals surface area contributed by atoms with Crippen molar-refractivity contribution in [3.8, 4) is 16.9 Å². The lowest BCUT2D eigenvalue weighted by atomic mass is 9.74. The Morgan fingerprint density at radius 2 is 1.82 bits per heavy atom. The van der Waals surface area contributed by atoms with Gasteiger partial charge in [-0.15, -0.1) is 0 Å². The summed E-state index contributed by atoms with van der Waals surface area (Å²) in [5, 5.41) is 7.68. The highest BCUT2D eigenvalue weighted by atomic mass is 16.5. The molecule has 1 aliphatic heterocycles. The van der Waals surface area contributed by atoms with Crippen molar-refractivity contribution in [3.05, 3.63) is 71.5 Å². The van der Waals surface area contributed by atoms with E-state index in [0.717, 1.165) is 46.7 Å². The number of carbonyl (C=O) groups is 1. The third-order valence-electron chi connectivity index (χ3n) is 6.52. The Labute approximate surface area is 195 Å². The van der Waals surface area contributed by atoms with Crippen LogP contribution in [0.15, 0.2) is 54.6 Å². The van der Waals surface area contributed by atoms with E-state index in [1.54, 1.807) is 7.11 Å². The van der Waals surface area contributed by atoms with Gasteiger partial charge >= 0.3 is 0 Å². The molecule has 1 aliphatic rings. The molecule has 0 unspecified atom stereocenters. The normalized spacial score (nSPS) is 15.2. The SMILES string of the molecule is COc1cccc(-c2cccc(CC3(C(=O)NCCn4nc(C)cc4C)CCOCC3)c2)c1. The summed E-state index contributed by atoms with van der Waals surface area (Å²) in [6.07, 6.45) is 2.14. The number of nitrogens with zero attached hydrogens (tertiary/aromatic N) is 2. The van der Waals surface area contributed by atoms with Crippen LogP contribution in [-0.2, 0) is 22.5 Å². The number of aryl methyl sites for hydroxylation is 2. The molecule has 4 rings (SSSR count). The Morgan fingerprint density at radius 3 is 2.52 bits per heavy atom. The molecule has 33 heavy (non-hydrogen) atoms. The summed E-state index contributed by atoms with van der Waals surface area (Å²) in [6.45, 7) is 6.48. The van der Waals surface area contributed by atoms with Crippen molar-refractivity contribution in [1.29, 1.82) is 0 Å². The Balaban J connectivity index is 1.49. The number of hydrogen-bond acceptors (Lipinski definition) is 4. The van der Waals surface area contributed by atoms with E-state index < -0.39 is 5.41 Å². The summed E-state index contributed by atoms with van der Waals surface area (Å²) in [4.78, 5) is 13.4. The van der Waals surface area contributed by atoms with Gasteiger partial charge in [-0.25, -0.2) is 0 Å². The summed E-state index contributed by atoms with van der Waals surface area (Å²) >= 11 is 0. The van der Waals surface area contributed by atoms with Gasteiger partial charge < -0.3 is 14.8 Å². The first kappa shape index (κ1) is 23.1. The molecule has 1 fully saturated rings. The first-order valence-corrected chi connectivity index (χ1v) is 11.6. The Morgan fingerprint density at radius 1 is 1.09 bits per heavy atom. The van der Waals surface area contributed by atoms with Gasteiger partial charge in [0.05, 0.1) is 24.8 Å². The van der Waals surface area contributed by atoms with Crippen molar-refractivity contribution < 1.29 is 14.3 Å². The van der Waals surface area contributed by atoms with Gasteiger partial charge in [0.25, 0.3) is 0 Å². The fourth-order valence-electron chi connectivity index (χ4n) is 4.66. The summed E-state index contributed by atoms with van der Waals surface area (Å²) in [6, 6.07) is 18.6. The summed E-state index contributed by atoms with van der Waals surface area (Å²) in [5.74, 6) is 0.944. The molecule has 0 aliphatic carbocycles. The number of nitrogens with one attached hydrogen (secondary N) is 1. The van der Waals surface area contributed by atoms with Gasteiger partial charge in [-0.05, 0) is 68.0 Å². The van der Waals surface area contributed by atoms with Crippen LogP contribution in [0.5, 0.6) is 5.75 Å². The molecular formula is C27H33N3O3. The molecule has 0 saturated carbocycles. The van der Waals surface area contributed by atoms with Crippen molar-refractivity contribution in [1.82, 2.24) is 15.1 Å². The summed E-state index contributed by atoms with van der Waals surface area (Å²) < 4.78 is 12.9. The second-order valence-corrected chi connectivity index (χ2v) is 8.91. The van der Waals surface area contributed by atoms with E-state index in [9.17, 15) is 4.79 Å². The average Bonchev–Trinajstić information content (AvgIpc) is 3.16. The van der Waals surface area contributed by atoms with E-state index in [4.69, 9.17) is 9.47 Å². The minimum absolute atomic E-state index is 0.110. The zero-order valence-electron chi connectivity index (χ0n) is 19.8. The van der Waals surface area contributed by atoms with Crippen LogP contribution in [0.2, 0.25) is 0 Å². The fourth-order valence-corrected chi connectivity index (χ4v) is 4.66. The third-order valence-corrected chi connectivity index (χ3v) is 6.52. The monoisotopic (exact) mass is 447 g/mol. The number of aromatic nitrogens is 2. The molecule has 2 aromatic carbocycles. The quantitative estimate of drug-likeness (QED) is 0.558. The van der Waals surface area contributed by atoms with Crippen LogP contribution in [0.25, 0.3) is 11.1 Å². The van der Waals surface area contributed by atoms with E-state index >= 15 is 0 Å². The van der Waals surface area contributed by atoms with E-state index in [1.807, 2.05) is 36.7 Å². The molecule has 174 valence electrons. The van der Waals surface area contributed by atoms with Crippen LogP contribution in [0.3, 0.4) is 0 Å². The van der Waals surface area contributed by atoms with Gasteiger partial charge in [0.15, 0.2) is 0 Å². The smallest absolute Gasteiger partial charge is 0.226 e.